The summed E-state index contributed by atoms with van der Waals surface area (Å²) in [6.45, 7) is 2.74. The van der Waals surface area contributed by atoms with Crippen LogP contribution in [-0.4, -0.2) is 22.8 Å². The highest BCUT2D eigenvalue weighted by atomic mass is 35.5. The Bertz CT molecular complexity index is 931. The lowest BCUT2D eigenvalue weighted by molar-refractivity contribution is 0.262. The van der Waals surface area contributed by atoms with Crippen LogP contribution in [0.25, 0.3) is 10.6 Å². The Balaban J connectivity index is 1.62. The molecule has 0 atom stereocenters. The number of halogens is 2. The number of ether oxygens (including phenoxy) is 1. The molecule has 0 spiro atoms. The van der Waals surface area contributed by atoms with Gasteiger partial charge in [-0.15, -0.1) is 10.2 Å². The van der Waals surface area contributed by atoms with Crippen LogP contribution in [0.5, 0.6) is 5.75 Å². The molecule has 9 heteroatoms. The first-order valence-electron chi connectivity index (χ1n) is 8.15. The fraction of sp³-hybridized carbons (Fsp3) is 0.167. The van der Waals surface area contributed by atoms with Crippen molar-refractivity contribution in [1.82, 2.24) is 10.2 Å². The molecule has 1 heterocycles. The summed E-state index contributed by atoms with van der Waals surface area (Å²) in [5.74, 6) is 0.808. The highest BCUT2D eigenvalue weighted by Crippen LogP contribution is 2.29. The van der Waals surface area contributed by atoms with Gasteiger partial charge in [0.1, 0.15) is 10.8 Å². The van der Waals surface area contributed by atoms with E-state index in [0.29, 0.717) is 32.5 Å². The van der Waals surface area contributed by atoms with Crippen molar-refractivity contribution in [2.75, 3.05) is 17.2 Å². The van der Waals surface area contributed by atoms with Crippen molar-refractivity contribution in [2.45, 2.75) is 13.3 Å². The van der Waals surface area contributed by atoms with E-state index >= 15 is 0 Å². The van der Waals surface area contributed by atoms with Gasteiger partial charge in [-0.2, -0.15) is 0 Å². The molecule has 2 aromatic carbocycles. The summed E-state index contributed by atoms with van der Waals surface area (Å²) >= 11 is 13.2. The fourth-order valence-corrected chi connectivity index (χ4v) is 3.35. The van der Waals surface area contributed by atoms with Crippen molar-refractivity contribution in [3.05, 3.63) is 52.5 Å². The Morgan fingerprint density at radius 2 is 1.89 bits per heavy atom. The average Bonchev–Trinajstić information content (AvgIpc) is 3.11. The van der Waals surface area contributed by atoms with Crippen LogP contribution in [0.2, 0.25) is 10.0 Å². The zero-order chi connectivity index (χ0) is 19.2. The maximum absolute atomic E-state index is 12.1. The van der Waals surface area contributed by atoms with E-state index in [1.165, 1.54) is 11.3 Å². The van der Waals surface area contributed by atoms with Gasteiger partial charge in [-0.05, 0) is 48.9 Å². The zero-order valence-electron chi connectivity index (χ0n) is 14.3. The van der Waals surface area contributed by atoms with Crippen molar-refractivity contribution >= 4 is 51.4 Å². The van der Waals surface area contributed by atoms with Gasteiger partial charge in [-0.25, -0.2) is 4.79 Å². The van der Waals surface area contributed by atoms with E-state index in [-0.39, 0.29) is 0 Å². The fourth-order valence-electron chi connectivity index (χ4n) is 2.15. The van der Waals surface area contributed by atoms with Gasteiger partial charge in [0.15, 0.2) is 0 Å². The molecular weight excluding hydrogens is 407 g/mol. The minimum atomic E-state index is -0.467. The second kappa shape index (κ2) is 9.03. The molecule has 140 valence electrons. The molecule has 0 aliphatic heterocycles. The van der Waals surface area contributed by atoms with Crippen molar-refractivity contribution in [3.63, 3.8) is 0 Å². The van der Waals surface area contributed by atoms with E-state index in [4.69, 9.17) is 27.9 Å². The number of hydrogen-bond acceptors (Lipinski definition) is 5. The Kier molecular flexibility index (Phi) is 6.49. The number of rotatable bonds is 6. The molecule has 3 rings (SSSR count). The first kappa shape index (κ1) is 19.4. The summed E-state index contributed by atoms with van der Waals surface area (Å²) in [6.07, 6.45) is 0.955. The summed E-state index contributed by atoms with van der Waals surface area (Å²) in [6, 6.07) is 11.9. The summed E-state index contributed by atoms with van der Waals surface area (Å²) in [7, 11) is 0. The highest BCUT2D eigenvalue weighted by molar-refractivity contribution is 7.18. The van der Waals surface area contributed by atoms with Crippen molar-refractivity contribution in [3.8, 4) is 16.3 Å². The van der Waals surface area contributed by atoms with E-state index in [2.05, 4.69) is 27.8 Å². The highest BCUT2D eigenvalue weighted by Gasteiger charge is 2.11. The number of carbonyl (C=O) groups excluding carboxylic acids is 1. The van der Waals surface area contributed by atoms with Gasteiger partial charge >= 0.3 is 6.03 Å². The number of amides is 2. The van der Waals surface area contributed by atoms with E-state index < -0.39 is 6.03 Å². The molecule has 0 aliphatic carbocycles. The largest absolute Gasteiger partial charge is 0.494 e. The third-order valence-electron chi connectivity index (χ3n) is 3.40. The number of hydrogen-bond donors (Lipinski definition) is 2. The summed E-state index contributed by atoms with van der Waals surface area (Å²) in [4.78, 5) is 12.1. The number of benzene rings is 2. The molecule has 3 aromatic rings. The van der Waals surface area contributed by atoms with Crippen LogP contribution >= 0.6 is 34.5 Å². The number of carbonyl (C=O) groups is 1. The molecule has 6 nitrogen and oxygen atoms in total. The maximum Gasteiger partial charge on any atom is 0.325 e. The molecule has 0 fully saturated rings. The molecule has 0 bridgehead atoms. The van der Waals surface area contributed by atoms with Crippen LogP contribution in [0.1, 0.15) is 13.3 Å². The first-order valence-corrected chi connectivity index (χ1v) is 9.72. The predicted octanol–water partition coefficient (Wildman–Crippen LogP) is 5.94. The van der Waals surface area contributed by atoms with Crippen LogP contribution in [0.3, 0.4) is 0 Å². The normalized spacial score (nSPS) is 10.5. The van der Waals surface area contributed by atoms with Gasteiger partial charge < -0.3 is 10.1 Å². The molecule has 1 aromatic heterocycles. The van der Waals surface area contributed by atoms with Crippen LogP contribution in [0.15, 0.2) is 42.5 Å². The second-order valence-corrected chi connectivity index (χ2v) is 7.31. The monoisotopic (exact) mass is 422 g/mol. The van der Waals surface area contributed by atoms with Crippen LogP contribution in [-0.2, 0) is 0 Å². The predicted molar refractivity (Wildman–Crippen MR) is 110 cm³/mol. The maximum atomic E-state index is 12.1. The summed E-state index contributed by atoms with van der Waals surface area (Å²) < 4.78 is 5.56. The van der Waals surface area contributed by atoms with E-state index in [1.54, 1.807) is 18.2 Å². The van der Waals surface area contributed by atoms with Crippen molar-refractivity contribution < 1.29 is 9.53 Å². The van der Waals surface area contributed by atoms with Gasteiger partial charge in [0.05, 0.1) is 17.3 Å². The minimum absolute atomic E-state index is 0.348. The molecule has 0 saturated carbocycles. The van der Waals surface area contributed by atoms with Crippen molar-refractivity contribution in [1.29, 1.82) is 0 Å². The Hall–Kier alpha value is -2.35. The van der Waals surface area contributed by atoms with Crippen molar-refractivity contribution in [2.24, 2.45) is 0 Å². The molecule has 0 aliphatic rings. The lowest BCUT2D eigenvalue weighted by Crippen LogP contribution is -2.19. The minimum Gasteiger partial charge on any atom is -0.494 e. The average molecular weight is 423 g/mol. The molecular formula is C18H16Cl2N4O2S. The summed E-state index contributed by atoms with van der Waals surface area (Å²) in [5, 5.41) is 15.3. The first-order chi connectivity index (χ1) is 13.0. The van der Waals surface area contributed by atoms with Gasteiger partial charge in [0.2, 0.25) is 5.13 Å². The molecule has 0 unspecified atom stereocenters. The Morgan fingerprint density at radius 3 is 2.59 bits per heavy atom. The van der Waals surface area contributed by atoms with Gasteiger partial charge in [-0.3, -0.25) is 5.32 Å². The zero-order valence-corrected chi connectivity index (χ0v) is 16.7. The quantitative estimate of drug-likeness (QED) is 0.514. The SMILES string of the molecule is CCCOc1ccc(-c2nnc(NC(=O)Nc3ccc(Cl)cc3Cl)s2)cc1. The van der Waals surface area contributed by atoms with E-state index in [0.717, 1.165) is 17.7 Å². The number of nitrogens with zero attached hydrogens (tertiary/aromatic N) is 2. The van der Waals surface area contributed by atoms with E-state index in [1.807, 2.05) is 24.3 Å². The van der Waals surface area contributed by atoms with Crippen LogP contribution in [0, 0.1) is 0 Å². The Morgan fingerprint density at radius 1 is 1.11 bits per heavy atom. The number of nitrogens with one attached hydrogen (secondary N) is 2. The number of anilines is 2. The van der Waals surface area contributed by atoms with Gasteiger partial charge in [0.25, 0.3) is 0 Å². The van der Waals surface area contributed by atoms with E-state index in [9.17, 15) is 4.79 Å². The second-order valence-electron chi connectivity index (χ2n) is 5.49. The lowest BCUT2D eigenvalue weighted by atomic mass is 10.2. The molecule has 2 amide bonds. The van der Waals surface area contributed by atoms with Crippen LogP contribution < -0.4 is 15.4 Å². The van der Waals surface area contributed by atoms with Gasteiger partial charge in [0, 0.05) is 10.6 Å². The lowest BCUT2D eigenvalue weighted by Gasteiger charge is -2.07. The molecule has 0 saturated heterocycles. The Labute approximate surface area is 170 Å². The van der Waals surface area contributed by atoms with Crippen LogP contribution in [0.4, 0.5) is 15.6 Å². The molecule has 0 radical (unpaired) electrons. The smallest absolute Gasteiger partial charge is 0.325 e. The third-order valence-corrected chi connectivity index (χ3v) is 4.83. The van der Waals surface area contributed by atoms with Gasteiger partial charge in [-0.1, -0.05) is 41.5 Å². The number of aromatic nitrogens is 2. The standard InChI is InChI=1S/C18H16Cl2N4O2S/c1-2-9-26-13-6-3-11(4-7-13)16-23-24-18(27-16)22-17(25)21-15-8-5-12(19)10-14(15)20/h3-8,10H,2,9H2,1H3,(H2,21,22,24,25). The number of urea groups is 1. The molecule has 27 heavy (non-hydrogen) atoms. The third kappa shape index (κ3) is 5.32. The molecule has 2 N–H and O–H groups in total. The summed E-state index contributed by atoms with van der Waals surface area (Å²) in [5.41, 5.74) is 1.34. The topological polar surface area (TPSA) is 76.1 Å².